The minimum Gasteiger partial charge on any atom is -0.269 e. The third kappa shape index (κ3) is 1.83. The van der Waals surface area contributed by atoms with Gasteiger partial charge in [0.15, 0.2) is 12.0 Å². The van der Waals surface area contributed by atoms with Crippen molar-refractivity contribution in [3.05, 3.63) is 18.2 Å². The molecule has 0 amide bonds. The highest BCUT2D eigenvalue weighted by molar-refractivity contribution is 4.81. The van der Waals surface area contributed by atoms with E-state index in [1.54, 1.807) is 4.68 Å². The maximum Gasteiger partial charge on any atom is 0.170 e. The lowest BCUT2D eigenvalue weighted by Gasteiger charge is -2.02. The standard InChI is InChI=1S/C7H10FN2/c1-6(2)4-10-5-7(8)3-9-10/h5-6H,4H2,1-2H3. The van der Waals surface area contributed by atoms with E-state index in [0.29, 0.717) is 5.92 Å². The second-order valence-corrected chi connectivity index (χ2v) is 2.70. The molecule has 0 atom stereocenters. The lowest BCUT2D eigenvalue weighted by molar-refractivity contribution is 0.480. The van der Waals surface area contributed by atoms with Gasteiger partial charge < -0.3 is 0 Å². The van der Waals surface area contributed by atoms with E-state index in [1.165, 1.54) is 6.20 Å². The molecule has 0 fully saturated rings. The normalized spacial score (nSPS) is 10.8. The van der Waals surface area contributed by atoms with Crippen molar-refractivity contribution >= 4 is 0 Å². The Morgan fingerprint density at radius 1 is 1.80 bits per heavy atom. The van der Waals surface area contributed by atoms with Crippen LogP contribution in [0.2, 0.25) is 0 Å². The molecule has 0 saturated heterocycles. The van der Waals surface area contributed by atoms with Crippen LogP contribution in [0.25, 0.3) is 0 Å². The number of halogens is 1. The molecule has 0 N–H and O–H groups in total. The first kappa shape index (κ1) is 7.25. The molecule has 10 heavy (non-hydrogen) atoms. The maximum absolute atomic E-state index is 12.2. The smallest absolute Gasteiger partial charge is 0.170 e. The van der Waals surface area contributed by atoms with Gasteiger partial charge in [0.05, 0.1) is 6.20 Å². The van der Waals surface area contributed by atoms with E-state index in [4.69, 9.17) is 0 Å². The zero-order valence-electron chi connectivity index (χ0n) is 6.13. The monoisotopic (exact) mass is 141 g/mol. The molecule has 0 aliphatic carbocycles. The van der Waals surface area contributed by atoms with E-state index < -0.39 is 0 Å². The van der Waals surface area contributed by atoms with Crippen LogP contribution in [0.15, 0.2) is 6.20 Å². The summed E-state index contributed by atoms with van der Waals surface area (Å²) in [5.74, 6) is 0.105. The van der Waals surface area contributed by atoms with Crippen LogP contribution in [0.5, 0.6) is 0 Å². The average molecular weight is 141 g/mol. The largest absolute Gasteiger partial charge is 0.269 e. The highest BCUT2D eigenvalue weighted by Gasteiger charge is 1.98. The number of hydrogen-bond acceptors (Lipinski definition) is 1. The second kappa shape index (κ2) is 2.82. The summed E-state index contributed by atoms with van der Waals surface area (Å²) in [6.45, 7) is 4.86. The Morgan fingerprint density at radius 3 is 2.90 bits per heavy atom. The van der Waals surface area contributed by atoms with Gasteiger partial charge in [-0.05, 0) is 5.92 Å². The lowest BCUT2D eigenvalue weighted by Crippen LogP contribution is -2.04. The summed E-state index contributed by atoms with van der Waals surface area (Å²) in [5.41, 5.74) is 0. The Hall–Kier alpha value is -0.860. The molecule has 1 heterocycles. The molecule has 0 unspecified atom stereocenters. The topological polar surface area (TPSA) is 17.8 Å². The fraction of sp³-hybridized carbons (Fsp3) is 0.571. The number of aromatic nitrogens is 2. The van der Waals surface area contributed by atoms with Gasteiger partial charge in [-0.25, -0.2) is 4.39 Å². The van der Waals surface area contributed by atoms with Crippen molar-refractivity contribution in [3.8, 4) is 0 Å². The van der Waals surface area contributed by atoms with Crippen molar-refractivity contribution in [1.29, 1.82) is 0 Å². The first-order valence-electron chi connectivity index (χ1n) is 3.29. The summed E-state index contributed by atoms with van der Waals surface area (Å²) in [5, 5.41) is 3.67. The Labute approximate surface area is 59.7 Å². The molecule has 0 bridgehead atoms. The molecular weight excluding hydrogens is 131 g/mol. The predicted octanol–water partition coefficient (Wildman–Crippen LogP) is 1.48. The Morgan fingerprint density at radius 2 is 2.50 bits per heavy atom. The van der Waals surface area contributed by atoms with Crippen LogP contribution >= 0.6 is 0 Å². The van der Waals surface area contributed by atoms with Gasteiger partial charge in [-0.2, -0.15) is 5.10 Å². The number of nitrogens with zero attached hydrogens (tertiary/aromatic N) is 2. The quantitative estimate of drug-likeness (QED) is 0.610. The summed E-state index contributed by atoms with van der Waals surface area (Å²) in [7, 11) is 0. The minimum absolute atomic E-state index is 0.388. The molecule has 1 radical (unpaired) electrons. The molecule has 1 aromatic rings. The van der Waals surface area contributed by atoms with E-state index >= 15 is 0 Å². The lowest BCUT2D eigenvalue weighted by atomic mass is 10.2. The van der Waals surface area contributed by atoms with E-state index in [9.17, 15) is 4.39 Å². The third-order valence-corrected chi connectivity index (χ3v) is 1.10. The SMILES string of the molecule is CC(C)Cn1cc(F)[c]n1. The minimum atomic E-state index is -0.388. The molecule has 3 heteroatoms. The van der Waals surface area contributed by atoms with E-state index in [0.717, 1.165) is 6.54 Å². The first-order valence-corrected chi connectivity index (χ1v) is 3.29. The van der Waals surface area contributed by atoms with E-state index in [2.05, 4.69) is 25.1 Å². The summed E-state index contributed by atoms with van der Waals surface area (Å²) in [6.07, 6.45) is 3.57. The maximum atomic E-state index is 12.2. The number of hydrogen-bond donors (Lipinski definition) is 0. The summed E-state index contributed by atoms with van der Waals surface area (Å²) in [4.78, 5) is 0. The third-order valence-electron chi connectivity index (χ3n) is 1.10. The molecule has 55 valence electrons. The van der Waals surface area contributed by atoms with Crippen LogP contribution in [0.4, 0.5) is 4.39 Å². The van der Waals surface area contributed by atoms with Crippen molar-refractivity contribution < 1.29 is 4.39 Å². The molecule has 1 rings (SSSR count). The highest BCUT2D eigenvalue weighted by Crippen LogP contribution is 1.98. The molecule has 0 saturated carbocycles. The van der Waals surface area contributed by atoms with Gasteiger partial charge in [0, 0.05) is 6.54 Å². The molecule has 1 aromatic heterocycles. The van der Waals surface area contributed by atoms with Crippen LogP contribution in [-0.4, -0.2) is 9.78 Å². The van der Waals surface area contributed by atoms with Gasteiger partial charge >= 0.3 is 0 Å². The van der Waals surface area contributed by atoms with Gasteiger partial charge in [-0.3, -0.25) is 4.68 Å². The molecular formula is C7H10FN2. The molecule has 0 spiro atoms. The highest BCUT2D eigenvalue weighted by atomic mass is 19.1. The van der Waals surface area contributed by atoms with Crippen LogP contribution in [0, 0.1) is 17.9 Å². The van der Waals surface area contributed by atoms with Crippen molar-refractivity contribution in [2.24, 2.45) is 5.92 Å². The van der Waals surface area contributed by atoms with Gasteiger partial charge in [0.1, 0.15) is 0 Å². The fourth-order valence-corrected chi connectivity index (χ4v) is 0.768. The molecule has 2 nitrogen and oxygen atoms in total. The van der Waals surface area contributed by atoms with Crippen molar-refractivity contribution in [2.75, 3.05) is 0 Å². The fourth-order valence-electron chi connectivity index (χ4n) is 0.768. The first-order chi connectivity index (χ1) is 4.68. The second-order valence-electron chi connectivity index (χ2n) is 2.70. The van der Waals surface area contributed by atoms with Crippen molar-refractivity contribution in [1.82, 2.24) is 9.78 Å². The average Bonchev–Trinajstić information content (AvgIpc) is 2.13. The van der Waals surface area contributed by atoms with Gasteiger partial charge in [0.25, 0.3) is 0 Å². The van der Waals surface area contributed by atoms with Gasteiger partial charge in [0.2, 0.25) is 0 Å². The van der Waals surface area contributed by atoms with Gasteiger partial charge in [-0.15, -0.1) is 0 Å². The van der Waals surface area contributed by atoms with Crippen molar-refractivity contribution in [2.45, 2.75) is 20.4 Å². The summed E-state index contributed by atoms with van der Waals surface area (Å²) < 4.78 is 13.8. The zero-order chi connectivity index (χ0) is 7.56. The Kier molecular flexibility index (Phi) is 2.04. The van der Waals surface area contributed by atoms with Crippen LogP contribution in [0.3, 0.4) is 0 Å². The van der Waals surface area contributed by atoms with Crippen LogP contribution in [0.1, 0.15) is 13.8 Å². The van der Waals surface area contributed by atoms with Gasteiger partial charge in [-0.1, -0.05) is 13.8 Å². The molecule has 0 aromatic carbocycles. The predicted molar refractivity (Wildman–Crippen MR) is 35.9 cm³/mol. The molecule has 0 aliphatic heterocycles. The van der Waals surface area contributed by atoms with Crippen LogP contribution < -0.4 is 0 Å². The molecule has 0 aliphatic rings. The van der Waals surface area contributed by atoms with E-state index in [1.807, 2.05) is 0 Å². The summed E-state index contributed by atoms with van der Waals surface area (Å²) in [6, 6.07) is 0. The Balaban J connectivity index is 2.58. The van der Waals surface area contributed by atoms with Crippen LogP contribution in [-0.2, 0) is 6.54 Å². The summed E-state index contributed by atoms with van der Waals surface area (Å²) >= 11 is 0. The zero-order valence-corrected chi connectivity index (χ0v) is 6.13. The Bertz CT molecular complexity index is 205. The number of rotatable bonds is 2. The van der Waals surface area contributed by atoms with E-state index in [-0.39, 0.29) is 5.82 Å². The van der Waals surface area contributed by atoms with Crippen molar-refractivity contribution in [3.63, 3.8) is 0 Å².